The van der Waals surface area contributed by atoms with Crippen molar-refractivity contribution >= 4 is 45.8 Å². The molecule has 3 rings (SSSR count). The topological polar surface area (TPSA) is 119 Å². The highest BCUT2D eigenvalue weighted by Gasteiger charge is 2.11. The maximum absolute atomic E-state index is 11.5. The van der Waals surface area contributed by atoms with E-state index in [4.69, 9.17) is 15.6 Å². The van der Waals surface area contributed by atoms with Crippen molar-refractivity contribution in [3.05, 3.63) is 77.4 Å². The summed E-state index contributed by atoms with van der Waals surface area (Å²) in [7, 11) is 0. The molecule has 172 valence electrons. The van der Waals surface area contributed by atoms with Crippen LogP contribution in [0.15, 0.2) is 66.3 Å². The van der Waals surface area contributed by atoms with Gasteiger partial charge in [0.05, 0.1) is 0 Å². The Bertz CT molecular complexity index is 1210. The predicted molar refractivity (Wildman–Crippen MR) is 133 cm³/mol. The molecular formula is C27H29NO5. The number of aliphatic hydroxyl groups is 1. The number of carbonyl (C=O) groups is 2. The third kappa shape index (κ3) is 6.60. The fraction of sp³-hybridized carbons (Fsp3) is 0.222. The van der Waals surface area contributed by atoms with Crippen LogP contribution in [0.25, 0.3) is 27.6 Å². The Hall–Kier alpha value is -3.77. The third-order valence-electron chi connectivity index (χ3n) is 5.17. The molecule has 0 unspecified atom stereocenters. The first-order valence-corrected chi connectivity index (χ1v) is 10.7. The third-order valence-corrected chi connectivity index (χ3v) is 5.17. The molecule has 3 aromatic rings. The molecule has 0 radical (unpaired) electrons. The fourth-order valence-electron chi connectivity index (χ4n) is 3.56. The van der Waals surface area contributed by atoms with Gasteiger partial charge < -0.3 is 20.7 Å². The normalized spacial score (nSPS) is 11.0. The Morgan fingerprint density at radius 3 is 2.30 bits per heavy atom. The molecule has 0 amide bonds. The zero-order valence-corrected chi connectivity index (χ0v) is 18.7. The first-order chi connectivity index (χ1) is 15.8. The smallest absolute Gasteiger partial charge is 0.331 e. The quantitative estimate of drug-likeness (QED) is 0.192. The van der Waals surface area contributed by atoms with Crippen molar-refractivity contribution in [1.82, 2.24) is 0 Å². The van der Waals surface area contributed by atoms with Gasteiger partial charge in [-0.25, -0.2) is 9.59 Å². The molecule has 3 aromatic carbocycles. The molecule has 0 saturated carbocycles. The number of aliphatic hydroxyl groups excluding tert-OH is 1. The first-order valence-electron chi connectivity index (χ1n) is 10.7. The Morgan fingerprint density at radius 1 is 1.00 bits per heavy atom. The summed E-state index contributed by atoms with van der Waals surface area (Å²) in [6, 6.07) is 15.9. The summed E-state index contributed by atoms with van der Waals surface area (Å²) in [5.41, 5.74) is 2.23. The maximum Gasteiger partial charge on any atom is 0.331 e. The minimum atomic E-state index is -0.983. The first kappa shape index (κ1) is 25.5. The predicted octanol–water partition coefficient (Wildman–Crippen LogP) is 5.66. The summed E-state index contributed by atoms with van der Waals surface area (Å²) < 4.78 is 0. The second-order valence-electron chi connectivity index (χ2n) is 7.56. The number of nitrogens with one attached hydrogen (secondary N) is 1. The van der Waals surface area contributed by atoms with Crippen LogP contribution < -0.4 is 0 Å². The van der Waals surface area contributed by atoms with E-state index in [1.165, 1.54) is 6.21 Å². The summed E-state index contributed by atoms with van der Waals surface area (Å²) in [4.78, 5) is 21.5. The number of aliphatic carboxylic acids is 2. The lowest BCUT2D eigenvalue weighted by atomic mass is 9.93. The number of fused-ring (bicyclic) bond motifs is 2. The van der Waals surface area contributed by atoms with E-state index in [2.05, 4.69) is 12.6 Å². The maximum atomic E-state index is 11.5. The van der Waals surface area contributed by atoms with Crippen LogP contribution in [-0.4, -0.2) is 40.1 Å². The summed E-state index contributed by atoms with van der Waals surface area (Å²) in [6.07, 6.45) is 5.26. The second-order valence-corrected chi connectivity index (χ2v) is 7.56. The monoisotopic (exact) mass is 447 g/mol. The molecule has 0 aliphatic heterocycles. The summed E-state index contributed by atoms with van der Waals surface area (Å²) in [5.74, 6) is -1.87. The summed E-state index contributed by atoms with van der Waals surface area (Å²) in [5, 5.41) is 37.8. The Balaban J connectivity index is 0.000000365. The van der Waals surface area contributed by atoms with E-state index < -0.39 is 11.9 Å². The number of rotatable bonds is 9. The van der Waals surface area contributed by atoms with Crippen molar-refractivity contribution in [2.24, 2.45) is 0 Å². The number of carboxylic acid groups (broad SMARTS) is 2. The molecular weight excluding hydrogens is 418 g/mol. The minimum absolute atomic E-state index is 0.0201. The van der Waals surface area contributed by atoms with Gasteiger partial charge in [-0.2, -0.15) is 0 Å². The van der Waals surface area contributed by atoms with Gasteiger partial charge in [-0.05, 0) is 58.5 Å². The standard InChI is InChI=1S/C21H19NO2.C6H10O3/c1-2-6-17(21(23)24)12-16-9-5-8-15-11-14-7-3-4-10-18(14)19(13-22)20(15)16;1-5(6(8)9)3-2-4-7/h3-5,7-13,22H,2,6H2,1H3,(H,23,24);7H,1-4H2,(H,8,9). The van der Waals surface area contributed by atoms with Crippen LogP contribution in [0, 0.1) is 5.41 Å². The van der Waals surface area contributed by atoms with Crippen LogP contribution in [0.4, 0.5) is 0 Å². The van der Waals surface area contributed by atoms with Gasteiger partial charge >= 0.3 is 11.9 Å². The van der Waals surface area contributed by atoms with Gasteiger partial charge in [0.2, 0.25) is 0 Å². The molecule has 0 atom stereocenters. The molecule has 0 saturated heterocycles. The van der Waals surface area contributed by atoms with Gasteiger partial charge in [0.1, 0.15) is 0 Å². The van der Waals surface area contributed by atoms with Crippen LogP contribution >= 0.6 is 0 Å². The number of carboxylic acids is 2. The van der Waals surface area contributed by atoms with E-state index in [-0.39, 0.29) is 12.2 Å². The number of benzene rings is 3. The molecule has 0 spiro atoms. The van der Waals surface area contributed by atoms with Crippen molar-refractivity contribution in [1.29, 1.82) is 5.41 Å². The van der Waals surface area contributed by atoms with Gasteiger partial charge in [-0.3, -0.25) is 0 Å². The van der Waals surface area contributed by atoms with E-state index in [0.29, 0.717) is 24.8 Å². The highest BCUT2D eigenvalue weighted by atomic mass is 16.4. The van der Waals surface area contributed by atoms with E-state index in [1.807, 2.05) is 49.4 Å². The lowest BCUT2D eigenvalue weighted by molar-refractivity contribution is -0.133. The molecule has 0 aliphatic carbocycles. The zero-order chi connectivity index (χ0) is 24.4. The van der Waals surface area contributed by atoms with Crippen LogP contribution in [0.2, 0.25) is 0 Å². The Labute approximate surface area is 193 Å². The van der Waals surface area contributed by atoms with E-state index >= 15 is 0 Å². The van der Waals surface area contributed by atoms with Crippen molar-refractivity contribution in [3.63, 3.8) is 0 Å². The number of hydrogen-bond acceptors (Lipinski definition) is 4. The second kappa shape index (κ2) is 12.3. The lowest BCUT2D eigenvalue weighted by Crippen LogP contribution is -2.00. The highest BCUT2D eigenvalue weighted by molar-refractivity contribution is 6.15. The largest absolute Gasteiger partial charge is 0.478 e. The van der Waals surface area contributed by atoms with Gasteiger partial charge in [-0.1, -0.05) is 62.4 Å². The van der Waals surface area contributed by atoms with Crippen LogP contribution in [0.1, 0.15) is 43.7 Å². The molecule has 0 fully saturated rings. The Kier molecular flexibility index (Phi) is 9.51. The van der Waals surface area contributed by atoms with Crippen LogP contribution in [-0.2, 0) is 9.59 Å². The van der Waals surface area contributed by atoms with Gasteiger partial charge in [0, 0.05) is 29.5 Å². The van der Waals surface area contributed by atoms with Gasteiger partial charge in [-0.15, -0.1) is 0 Å². The van der Waals surface area contributed by atoms with E-state index in [9.17, 15) is 14.7 Å². The molecule has 0 aliphatic rings. The summed E-state index contributed by atoms with van der Waals surface area (Å²) in [6.45, 7) is 5.27. The van der Waals surface area contributed by atoms with Gasteiger partial charge in [0.25, 0.3) is 0 Å². The fourth-order valence-corrected chi connectivity index (χ4v) is 3.56. The molecule has 6 heteroatoms. The Morgan fingerprint density at radius 2 is 1.70 bits per heavy atom. The lowest BCUT2D eigenvalue weighted by Gasteiger charge is -2.11. The average molecular weight is 448 g/mol. The molecule has 33 heavy (non-hydrogen) atoms. The van der Waals surface area contributed by atoms with Crippen molar-refractivity contribution in [2.45, 2.75) is 32.6 Å². The van der Waals surface area contributed by atoms with Crippen LogP contribution in [0.3, 0.4) is 0 Å². The zero-order valence-electron chi connectivity index (χ0n) is 18.7. The molecule has 0 aromatic heterocycles. The van der Waals surface area contributed by atoms with E-state index in [0.717, 1.165) is 39.1 Å². The molecule has 0 heterocycles. The highest BCUT2D eigenvalue weighted by Crippen LogP contribution is 2.31. The van der Waals surface area contributed by atoms with Crippen molar-refractivity contribution in [2.75, 3.05) is 6.61 Å². The molecule has 0 bridgehead atoms. The summed E-state index contributed by atoms with van der Waals surface area (Å²) >= 11 is 0. The molecule has 4 N–H and O–H groups in total. The van der Waals surface area contributed by atoms with Crippen molar-refractivity contribution in [3.8, 4) is 0 Å². The van der Waals surface area contributed by atoms with Crippen LogP contribution in [0.5, 0.6) is 0 Å². The molecule has 6 nitrogen and oxygen atoms in total. The van der Waals surface area contributed by atoms with Crippen molar-refractivity contribution < 1.29 is 24.9 Å². The van der Waals surface area contributed by atoms with Gasteiger partial charge in [0.15, 0.2) is 0 Å². The van der Waals surface area contributed by atoms with E-state index in [1.54, 1.807) is 6.08 Å². The SMILES string of the molecule is C=C(CCCO)C(=O)O.CCCC(=Cc1cccc2cc3ccccc3c(C=N)c12)C(=O)O. The number of hydrogen-bond donors (Lipinski definition) is 4. The average Bonchev–Trinajstić information content (AvgIpc) is 2.81. The minimum Gasteiger partial charge on any atom is -0.478 e.